The molecule has 3 rings (SSSR count). The first-order valence-electron chi connectivity index (χ1n) is 8.84. The molecule has 0 saturated heterocycles. The Bertz CT molecular complexity index is 1070. The molecule has 0 spiro atoms. The second kappa shape index (κ2) is 10.0. The number of nitro benzene ring substituents is 1. The molecule has 0 fully saturated rings. The smallest absolute Gasteiger partial charge is 0.312 e. The molecule has 0 aromatic heterocycles. The van der Waals surface area contributed by atoms with E-state index in [1.165, 1.54) is 18.3 Å². The third kappa shape index (κ3) is 5.79. The number of nitrogens with zero attached hydrogens (tertiary/aromatic N) is 2. The number of benzene rings is 3. The zero-order valence-corrected chi connectivity index (χ0v) is 16.4. The minimum atomic E-state index is -0.564. The van der Waals surface area contributed by atoms with Crippen LogP contribution in [-0.2, 0) is 4.79 Å². The molecule has 0 aliphatic rings. The van der Waals surface area contributed by atoms with Gasteiger partial charge in [-0.05, 0) is 36.4 Å². The van der Waals surface area contributed by atoms with Crippen LogP contribution in [0.5, 0.6) is 11.5 Å². The number of carbonyl (C=O) groups is 1. The summed E-state index contributed by atoms with van der Waals surface area (Å²) in [5, 5.41) is 18.5. The van der Waals surface area contributed by atoms with Gasteiger partial charge in [-0.2, -0.15) is 5.10 Å². The summed E-state index contributed by atoms with van der Waals surface area (Å²) in [4.78, 5) is 22.7. The Morgan fingerprint density at radius 2 is 1.80 bits per heavy atom. The number of hydrazone groups is 1. The maximum Gasteiger partial charge on any atom is 0.312 e. The Labute approximate surface area is 177 Å². The zero-order chi connectivity index (χ0) is 21.3. The van der Waals surface area contributed by atoms with Gasteiger partial charge >= 0.3 is 5.69 Å². The van der Waals surface area contributed by atoms with Gasteiger partial charge in [-0.3, -0.25) is 14.9 Å². The van der Waals surface area contributed by atoms with E-state index in [1.54, 1.807) is 30.3 Å². The van der Waals surface area contributed by atoms with Crippen molar-refractivity contribution in [2.24, 2.45) is 5.10 Å². The summed E-state index contributed by atoms with van der Waals surface area (Å²) < 4.78 is 5.58. The van der Waals surface area contributed by atoms with Crippen LogP contribution in [0.15, 0.2) is 77.9 Å². The third-order valence-corrected chi connectivity index (χ3v) is 4.18. The van der Waals surface area contributed by atoms with Gasteiger partial charge in [0, 0.05) is 17.3 Å². The van der Waals surface area contributed by atoms with E-state index < -0.39 is 4.92 Å². The average Bonchev–Trinajstić information content (AvgIpc) is 2.75. The van der Waals surface area contributed by atoms with E-state index >= 15 is 0 Å². The molecule has 8 nitrogen and oxygen atoms in total. The number of amides is 1. The first-order valence-corrected chi connectivity index (χ1v) is 9.22. The minimum absolute atomic E-state index is 0.0338. The molecule has 0 atom stereocenters. The second-order valence-electron chi connectivity index (χ2n) is 6.03. The summed E-state index contributed by atoms with van der Waals surface area (Å²) in [6.07, 6.45) is 1.31. The highest BCUT2D eigenvalue weighted by molar-refractivity contribution is 6.32. The summed E-state index contributed by atoms with van der Waals surface area (Å²) in [6.45, 7) is 0.0338. The van der Waals surface area contributed by atoms with Gasteiger partial charge in [-0.1, -0.05) is 41.9 Å². The lowest BCUT2D eigenvalue weighted by molar-refractivity contribution is -0.385. The van der Waals surface area contributed by atoms with Gasteiger partial charge < -0.3 is 10.1 Å². The summed E-state index contributed by atoms with van der Waals surface area (Å²) in [5.41, 5.74) is 3.34. The Balaban J connectivity index is 1.63. The van der Waals surface area contributed by atoms with Crippen LogP contribution in [0.1, 0.15) is 5.56 Å². The van der Waals surface area contributed by atoms with E-state index in [2.05, 4.69) is 15.8 Å². The van der Waals surface area contributed by atoms with Crippen molar-refractivity contribution in [3.05, 3.63) is 93.5 Å². The number of para-hydroxylation sites is 2. The Morgan fingerprint density at radius 1 is 1.07 bits per heavy atom. The fraction of sp³-hybridized carbons (Fsp3) is 0.0476. The van der Waals surface area contributed by atoms with Crippen LogP contribution in [0.4, 0.5) is 11.4 Å². The molecule has 1 amide bonds. The van der Waals surface area contributed by atoms with Gasteiger partial charge in [0.1, 0.15) is 5.75 Å². The van der Waals surface area contributed by atoms with E-state index in [-0.39, 0.29) is 23.9 Å². The van der Waals surface area contributed by atoms with Crippen molar-refractivity contribution in [1.29, 1.82) is 0 Å². The molecular weight excluding hydrogens is 408 g/mol. The molecule has 0 radical (unpaired) electrons. The highest BCUT2D eigenvalue weighted by Gasteiger charge is 2.17. The van der Waals surface area contributed by atoms with Gasteiger partial charge in [0.2, 0.25) is 5.75 Å². The molecule has 0 heterocycles. The highest BCUT2D eigenvalue weighted by atomic mass is 35.5. The number of halogens is 1. The highest BCUT2D eigenvalue weighted by Crippen LogP contribution is 2.35. The fourth-order valence-corrected chi connectivity index (χ4v) is 2.62. The Kier molecular flexibility index (Phi) is 6.96. The summed E-state index contributed by atoms with van der Waals surface area (Å²) in [7, 11) is 0. The molecule has 0 saturated carbocycles. The van der Waals surface area contributed by atoms with E-state index in [0.29, 0.717) is 16.3 Å². The number of ether oxygens (including phenoxy) is 1. The van der Waals surface area contributed by atoms with Crippen LogP contribution in [0.2, 0.25) is 5.02 Å². The van der Waals surface area contributed by atoms with Crippen molar-refractivity contribution in [2.45, 2.75) is 0 Å². The standard InChI is InChI=1S/C21H17ClN4O4/c22-17-8-4-5-9-19(17)30-20-11-10-15(12-18(20)26(28)29)13-24-25-21(27)14-23-16-6-2-1-3-7-16/h1-13,23H,14H2,(H,25,27)/b24-13+. The van der Waals surface area contributed by atoms with Crippen molar-refractivity contribution >= 4 is 35.1 Å². The van der Waals surface area contributed by atoms with Crippen LogP contribution < -0.4 is 15.5 Å². The first kappa shape index (κ1) is 20.8. The molecule has 0 bridgehead atoms. The van der Waals surface area contributed by atoms with Gasteiger partial charge in [0.25, 0.3) is 5.91 Å². The van der Waals surface area contributed by atoms with Crippen LogP contribution >= 0.6 is 11.6 Å². The molecule has 3 aromatic carbocycles. The van der Waals surface area contributed by atoms with Gasteiger partial charge in [0.15, 0.2) is 0 Å². The van der Waals surface area contributed by atoms with E-state index in [4.69, 9.17) is 16.3 Å². The maximum atomic E-state index is 11.8. The Morgan fingerprint density at radius 3 is 2.53 bits per heavy atom. The minimum Gasteiger partial charge on any atom is -0.449 e. The largest absolute Gasteiger partial charge is 0.449 e. The van der Waals surface area contributed by atoms with Gasteiger partial charge in [-0.15, -0.1) is 0 Å². The molecule has 152 valence electrons. The lowest BCUT2D eigenvalue weighted by atomic mass is 10.2. The lowest BCUT2D eigenvalue weighted by Gasteiger charge is -2.08. The lowest BCUT2D eigenvalue weighted by Crippen LogP contribution is -2.25. The predicted molar refractivity (Wildman–Crippen MR) is 115 cm³/mol. The van der Waals surface area contributed by atoms with E-state index in [9.17, 15) is 14.9 Å². The molecule has 0 unspecified atom stereocenters. The second-order valence-corrected chi connectivity index (χ2v) is 6.44. The molecule has 0 aliphatic heterocycles. The molecule has 3 aromatic rings. The SMILES string of the molecule is O=C(CNc1ccccc1)N/N=C/c1ccc(Oc2ccccc2Cl)c([N+](=O)[O-])c1. The normalized spacial score (nSPS) is 10.6. The van der Waals surface area contributed by atoms with E-state index in [1.807, 2.05) is 30.3 Å². The number of rotatable bonds is 8. The predicted octanol–water partition coefficient (Wildman–Crippen LogP) is 4.60. The van der Waals surface area contributed by atoms with Crippen molar-refractivity contribution in [3.8, 4) is 11.5 Å². The molecule has 2 N–H and O–H groups in total. The van der Waals surface area contributed by atoms with Crippen LogP contribution in [0, 0.1) is 10.1 Å². The number of anilines is 1. The monoisotopic (exact) mass is 424 g/mol. The third-order valence-electron chi connectivity index (χ3n) is 3.87. The summed E-state index contributed by atoms with van der Waals surface area (Å²) >= 11 is 6.04. The average molecular weight is 425 g/mol. The van der Waals surface area contributed by atoms with Crippen LogP contribution in [0.3, 0.4) is 0 Å². The first-order chi connectivity index (χ1) is 14.5. The summed E-state index contributed by atoms with van der Waals surface area (Å²) in [5.74, 6) is -0.00788. The molecule has 30 heavy (non-hydrogen) atoms. The quantitative estimate of drug-likeness (QED) is 0.312. The zero-order valence-electron chi connectivity index (χ0n) is 15.6. The fourth-order valence-electron chi connectivity index (χ4n) is 2.45. The van der Waals surface area contributed by atoms with Crippen molar-refractivity contribution in [3.63, 3.8) is 0 Å². The van der Waals surface area contributed by atoms with Gasteiger partial charge in [-0.25, -0.2) is 5.43 Å². The van der Waals surface area contributed by atoms with Gasteiger partial charge in [0.05, 0.1) is 22.7 Å². The van der Waals surface area contributed by atoms with Crippen molar-refractivity contribution in [2.75, 3.05) is 11.9 Å². The summed E-state index contributed by atoms with van der Waals surface area (Å²) in [6, 6.07) is 20.2. The van der Waals surface area contributed by atoms with Crippen molar-refractivity contribution in [1.82, 2.24) is 5.43 Å². The van der Waals surface area contributed by atoms with Crippen LogP contribution in [-0.4, -0.2) is 23.6 Å². The van der Waals surface area contributed by atoms with Crippen LogP contribution in [0.25, 0.3) is 0 Å². The molecular formula is C21H17ClN4O4. The number of carbonyl (C=O) groups excluding carboxylic acids is 1. The van der Waals surface area contributed by atoms with Crippen molar-refractivity contribution < 1.29 is 14.5 Å². The Hall–Kier alpha value is -3.91. The number of hydrogen-bond donors (Lipinski definition) is 2. The topological polar surface area (TPSA) is 106 Å². The maximum absolute atomic E-state index is 11.8. The molecule has 0 aliphatic carbocycles. The molecule has 9 heteroatoms. The number of nitrogens with one attached hydrogen (secondary N) is 2. The number of nitro groups is 1. The number of hydrogen-bond acceptors (Lipinski definition) is 6. The van der Waals surface area contributed by atoms with E-state index in [0.717, 1.165) is 5.69 Å².